The van der Waals surface area contributed by atoms with E-state index in [9.17, 15) is 9.59 Å². The summed E-state index contributed by atoms with van der Waals surface area (Å²) in [6, 6.07) is 15.3. The number of hydrogen-bond acceptors (Lipinski definition) is 4. The Bertz CT molecular complexity index is 849. The van der Waals surface area contributed by atoms with Gasteiger partial charge in [-0.3, -0.25) is 9.59 Å². The molecule has 6 nitrogen and oxygen atoms in total. The third kappa shape index (κ3) is 5.19. The smallest absolute Gasteiger partial charge is 0.253 e. The van der Waals surface area contributed by atoms with E-state index in [2.05, 4.69) is 29.6 Å². The molecule has 1 saturated heterocycles. The standard InChI is InChI=1S/C24H30N2O4/c1-17-5-7-18(8-6-17)21-15-26(16-22(21)23(27)25-13-4-14-29-2)24(28)19-9-11-20(30-3)12-10-19/h5-12,21-22H,4,13-16H2,1-3H3,(H,25,27)/t21-,22+/m0/s1. The number of rotatable bonds is 8. The quantitative estimate of drug-likeness (QED) is 0.680. The zero-order valence-corrected chi connectivity index (χ0v) is 17.9. The molecule has 2 amide bonds. The lowest BCUT2D eigenvalue weighted by molar-refractivity contribution is -0.124. The normalized spacial score (nSPS) is 18.3. The van der Waals surface area contributed by atoms with Gasteiger partial charge >= 0.3 is 0 Å². The Labute approximate surface area is 178 Å². The van der Waals surface area contributed by atoms with Crippen LogP contribution in [0.3, 0.4) is 0 Å². The van der Waals surface area contributed by atoms with Gasteiger partial charge in [0.25, 0.3) is 5.91 Å². The van der Waals surface area contributed by atoms with Crippen molar-refractivity contribution in [3.8, 4) is 5.75 Å². The summed E-state index contributed by atoms with van der Waals surface area (Å²) >= 11 is 0. The first-order valence-corrected chi connectivity index (χ1v) is 10.3. The second-order valence-electron chi connectivity index (χ2n) is 7.70. The predicted octanol–water partition coefficient (Wildman–Crippen LogP) is 3.01. The highest BCUT2D eigenvalue weighted by Gasteiger charge is 2.40. The van der Waals surface area contributed by atoms with E-state index in [1.54, 1.807) is 43.4 Å². The molecule has 1 N–H and O–H groups in total. The maximum absolute atomic E-state index is 13.1. The van der Waals surface area contributed by atoms with E-state index in [-0.39, 0.29) is 23.7 Å². The molecule has 3 rings (SSSR count). The van der Waals surface area contributed by atoms with Crippen LogP contribution in [0.4, 0.5) is 0 Å². The Morgan fingerprint density at radius 2 is 1.73 bits per heavy atom. The summed E-state index contributed by atoms with van der Waals surface area (Å²) in [5.41, 5.74) is 2.85. The van der Waals surface area contributed by atoms with Crippen LogP contribution in [0.25, 0.3) is 0 Å². The SMILES string of the molecule is COCCCNC(=O)[C@@H]1CN(C(=O)c2ccc(OC)cc2)C[C@H]1c1ccc(C)cc1. The third-order valence-corrected chi connectivity index (χ3v) is 5.61. The van der Waals surface area contributed by atoms with Crippen LogP contribution >= 0.6 is 0 Å². The van der Waals surface area contributed by atoms with Crippen molar-refractivity contribution in [2.75, 3.05) is 40.5 Å². The Balaban J connectivity index is 1.77. The Morgan fingerprint density at radius 3 is 2.37 bits per heavy atom. The highest BCUT2D eigenvalue weighted by Crippen LogP contribution is 2.34. The summed E-state index contributed by atoms with van der Waals surface area (Å²) in [5, 5.41) is 3.01. The molecule has 1 aliphatic heterocycles. The Morgan fingerprint density at radius 1 is 1.03 bits per heavy atom. The van der Waals surface area contributed by atoms with Gasteiger partial charge in [0.2, 0.25) is 5.91 Å². The lowest BCUT2D eigenvalue weighted by Crippen LogP contribution is -2.36. The molecule has 0 bridgehead atoms. The van der Waals surface area contributed by atoms with Crippen molar-refractivity contribution < 1.29 is 19.1 Å². The van der Waals surface area contributed by atoms with Gasteiger partial charge in [-0.25, -0.2) is 0 Å². The molecule has 1 heterocycles. The third-order valence-electron chi connectivity index (χ3n) is 5.61. The number of likely N-dealkylation sites (tertiary alicyclic amines) is 1. The number of methoxy groups -OCH3 is 2. The first-order chi connectivity index (χ1) is 14.5. The molecule has 2 aromatic carbocycles. The molecule has 0 radical (unpaired) electrons. The molecule has 0 saturated carbocycles. The number of ether oxygens (including phenoxy) is 2. The molecule has 1 fully saturated rings. The van der Waals surface area contributed by atoms with Crippen molar-refractivity contribution in [2.24, 2.45) is 5.92 Å². The van der Waals surface area contributed by atoms with Crippen molar-refractivity contribution in [2.45, 2.75) is 19.3 Å². The number of carbonyl (C=O) groups excluding carboxylic acids is 2. The number of amides is 2. The van der Waals surface area contributed by atoms with Gasteiger partial charge in [0.05, 0.1) is 13.0 Å². The van der Waals surface area contributed by atoms with Gasteiger partial charge in [-0.05, 0) is 43.2 Å². The van der Waals surface area contributed by atoms with Gasteiger partial charge in [-0.2, -0.15) is 0 Å². The minimum Gasteiger partial charge on any atom is -0.497 e. The molecule has 0 aromatic heterocycles. The summed E-state index contributed by atoms with van der Waals surface area (Å²) in [7, 11) is 3.24. The lowest BCUT2D eigenvalue weighted by atomic mass is 9.88. The first-order valence-electron chi connectivity index (χ1n) is 10.3. The maximum atomic E-state index is 13.1. The van der Waals surface area contributed by atoms with Crippen LogP contribution in [0.5, 0.6) is 5.75 Å². The van der Waals surface area contributed by atoms with Gasteiger partial charge in [0.1, 0.15) is 5.75 Å². The summed E-state index contributed by atoms with van der Waals surface area (Å²) in [6.07, 6.45) is 0.763. The van der Waals surface area contributed by atoms with Crippen molar-refractivity contribution in [1.29, 1.82) is 0 Å². The highest BCUT2D eigenvalue weighted by atomic mass is 16.5. The first kappa shape index (κ1) is 21.8. The van der Waals surface area contributed by atoms with Crippen molar-refractivity contribution in [1.82, 2.24) is 10.2 Å². The Kier molecular flexibility index (Phi) is 7.46. The van der Waals surface area contributed by atoms with Crippen LogP contribution in [0.1, 0.15) is 33.8 Å². The maximum Gasteiger partial charge on any atom is 0.253 e. The number of aryl methyl sites for hydroxylation is 1. The number of carbonyl (C=O) groups is 2. The van der Waals surface area contributed by atoms with Crippen LogP contribution in [0, 0.1) is 12.8 Å². The molecule has 2 aromatic rings. The van der Waals surface area contributed by atoms with E-state index in [0.717, 1.165) is 12.0 Å². The van der Waals surface area contributed by atoms with Crippen LogP contribution in [-0.2, 0) is 9.53 Å². The zero-order valence-electron chi connectivity index (χ0n) is 17.9. The topological polar surface area (TPSA) is 67.9 Å². The average Bonchev–Trinajstić information content (AvgIpc) is 3.22. The molecule has 30 heavy (non-hydrogen) atoms. The van der Waals surface area contributed by atoms with Crippen LogP contribution < -0.4 is 10.1 Å². The van der Waals surface area contributed by atoms with E-state index in [1.807, 2.05) is 6.92 Å². The minimum absolute atomic E-state index is 0.0123. The molecule has 1 aliphatic rings. The summed E-state index contributed by atoms with van der Waals surface area (Å²) in [4.78, 5) is 27.8. The van der Waals surface area contributed by atoms with Gasteiger partial charge < -0.3 is 19.7 Å². The number of nitrogens with zero attached hydrogens (tertiary/aromatic N) is 1. The predicted molar refractivity (Wildman–Crippen MR) is 116 cm³/mol. The fourth-order valence-corrected chi connectivity index (χ4v) is 3.86. The van der Waals surface area contributed by atoms with E-state index in [4.69, 9.17) is 9.47 Å². The number of nitrogens with one attached hydrogen (secondary N) is 1. The highest BCUT2D eigenvalue weighted by molar-refractivity contribution is 5.95. The fraction of sp³-hybridized carbons (Fsp3) is 0.417. The molecular formula is C24H30N2O4. The second kappa shape index (κ2) is 10.3. The van der Waals surface area contributed by atoms with Crippen LogP contribution in [-0.4, -0.2) is 57.2 Å². The van der Waals surface area contributed by atoms with E-state index >= 15 is 0 Å². The van der Waals surface area contributed by atoms with Gasteiger partial charge in [0.15, 0.2) is 0 Å². The van der Waals surface area contributed by atoms with E-state index < -0.39 is 0 Å². The second-order valence-corrected chi connectivity index (χ2v) is 7.70. The lowest BCUT2D eigenvalue weighted by Gasteiger charge is -2.18. The van der Waals surface area contributed by atoms with Crippen molar-refractivity contribution in [3.05, 3.63) is 65.2 Å². The summed E-state index contributed by atoms with van der Waals surface area (Å²) in [6.45, 7) is 4.13. The van der Waals surface area contributed by atoms with Crippen LogP contribution in [0.2, 0.25) is 0 Å². The minimum atomic E-state index is -0.280. The molecular weight excluding hydrogens is 380 g/mol. The molecule has 160 valence electrons. The average molecular weight is 411 g/mol. The number of benzene rings is 2. The zero-order chi connectivity index (χ0) is 21.5. The van der Waals surface area contributed by atoms with Crippen LogP contribution in [0.15, 0.2) is 48.5 Å². The van der Waals surface area contributed by atoms with Crippen molar-refractivity contribution in [3.63, 3.8) is 0 Å². The van der Waals surface area contributed by atoms with Crippen molar-refractivity contribution >= 4 is 11.8 Å². The van der Waals surface area contributed by atoms with E-state index in [1.165, 1.54) is 5.56 Å². The van der Waals surface area contributed by atoms with E-state index in [0.29, 0.717) is 37.6 Å². The Hall–Kier alpha value is -2.86. The van der Waals surface area contributed by atoms with Gasteiger partial charge in [-0.1, -0.05) is 29.8 Å². The molecule has 6 heteroatoms. The molecule has 2 atom stereocenters. The summed E-state index contributed by atoms with van der Waals surface area (Å²) < 4.78 is 10.2. The largest absolute Gasteiger partial charge is 0.497 e. The fourth-order valence-electron chi connectivity index (χ4n) is 3.86. The van der Waals surface area contributed by atoms with Gasteiger partial charge in [0, 0.05) is 44.8 Å². The molecule has 0 aliphatic carbocycles. The number of hydrogen-bond donors (Lipinski definition) is 1. The molecule has 0 unspecified atom stereocenters. The monoisotopic (exact) mass is 410 g/mol. The van der Waals surface area contributed by atoms with Gasteiger partial charge in [-0.15, -0.1) is 0 Å². The summed E-state index contributed by atoms with van der Waals surface area (Å²) in [5.74, 6) is 0.317. The molecule has 0 spiro atoms.